The van der Waals surface area contributed by atoms with Crippen LogP contribution in [0.1, 0.15) is 44.0 Å². The molecule has 2 amide bonds. The summed E-state index contributed by atoms with van der Waals surface area (Å²) >= 11 is 0. The second kappa shape index (κ2) is 8.13. The lowest BCUT2D eigenvalue weighted by atomic mass is 9.96. The molecular formula is C21H26N2O3. The van der Waals surface area contributed by atoms with Crippen molar-refractivity contribution in [2.75, 3.05) is 13.2 Å². The fraction of sp³-hybridized carbons (Fsp3) is 0.381. The number of carbonyl (C=O) groups is 1. The molecule has 0 aromatic heterocycles. The molecule has 5 nitrogen and oxygen atoms in total. The van der Waals surface area contributed by atoms with E-state index in [-0.39, 0.29) is 24.0 Å². The quantitative estimate of drug-likeness (QED) is 0.845. The normalized spacial score (nSPS) is 15.2. The highest BCUT2D eigenvalue weighted by Gasteiger charge is 2.20. The highest BCUT2D eigenvalue weighted by atomic mass is 16.6. The Labute approximate surface area is 154 Å². The van der Waals surface area contributed by atoms with Crippen LogP contribution < -0.4 is 20.1 Å². The van der Waals surface area contributed by atoms with Crippen LogP contribution in [0.4, 0.5) is 4.79 Å². The van der Waals surface area contributed by atoms with E-state index in [2.05, 4.69) is 24.5 Å². The van der Waals surface area contributed by atoms with E-state index >= 15 is 0 Å². The lowest BCUT2D eigenvalue weighted by molar-refractivity contribution is 0.171. The van der Waals surface area contributed by atoms with Gasteiger partial charge in [0.05, 0.1) is 12.1 Å². The lowest BCUT2D eigenvalue weighted by Gasteiger charge is -2.25. The molecule has 0 spiro atoms. The summed E-state index contributed by atoms with van der Waals surface area (Å²) in [6.45, 7) is 7.27. The fourth-order valence-corrected chi connectivity index (χ4v) is 3.09. The summed E-state index contributed by atoms with van der Waals surface area (Å²) in [5.41, 5.74) is 2.08. The Bertz CT molecular complexity index is 746. The van der Waals surface area contributed by atoms with Gasteiger partial charge in [0.25, 0.3) is 0 Å². The van der Waals surface area contributed by atoms with Crippen LogP contribution in [-0.2, 0) is 0 Å². The zero-order chi connectivity index (χ0) is 18.5. The van der Waals surface area contributed by atoms with Crippen LogP contribution in [0.5, 0.6) is 11.5 Å². The van der Waals surface area contributed by atoms with E-state index in [0.717, 1.165) is 22.6 Å². The molecule has 26 heavy (non-hydrogen) atoms. The van der Waals surface area contributed by atoms with E-state index < -0.39 is 0 Å². The molecule has 1 heterocycles. The molecule has 1 aliphatic rings. The van der Waals surface area contributed by atoms with Gasteiger partial charge in [-0.2, -0.15) is 0 Å². The molecule has 138 valence electrons. The predicted molar refractivity (Wildman–Crippen MR) is 102 cm³/mol. The molecule has 1 aliphatic heterocycles. The Kier molecular flexibility index (Phi) is 5.66. The first-order chi connectivity index (χ1) is 12.5. The number of nitrogens with one attached hydrogen (secondary N) is 2. The van der Waals surface area contributed by atoms with E-state index in [0.29, 0.717) is 13.2 Å². The van der Waals surface area contributed by atoms with Crippen LogP contribution in [0.2, 0.25) is 0 Å². The van der Waals surface area contributed by atoms with E-state index in [1.54, 1.807) is 0 Å². The van der Waals surface area contributed by atoms with Gasteiger partial charge in [-0.15, -0.1) is 0 Å². The molecule has 2 atom stereocenters. The van der Waals surface area contributed by atoms with Crippen LogP contribution in [-0.4, -0.2) is 19.2 Å². The van der Waals surface area contributed by atoms with Crippen LogP contribution in [0.3, 0.4) is 0 Å². The number of rotatable bonds is 5. The van der Waals surface area contributed by atoms with E-state index in [4.69, 9.17) is 9.47 Å². The Morgan fingerprint density at radius 2 is 1.58 bits per heavy atom. The van der Waals surface area contributed by atoms with Crippen LogP contribution in [0.15, 0.2) is 48.5 Å². The molecule has 0 unspecified atom stereocenters. The van der Waals surface area contributed by atoms with Gasteiger partial charge in [0.15, 0.2) is 11.5 Å². The van der Waals surface area contributed by atoms with Crippen molar-refractivity contribution in [3.05, 3.63) is 59.7 Å². The highest BCUT2D eigenvalue weighted by Crippen LogP contribution is 2.32. The van der Waals surface area contributed by atoms with E-state index in [9.17, 15) is 4.79 Å². The summed E-state index contributed by atoms with van der Waals surface area (Å²) in [5, 5.41) is 6.10. The summed E-state index contributed by atoms with van der Waals surface area (Å²) in [6, 6.07) is 15.4. The number of carbonyl (C=O) groups excluding carboxylic acids is 1. The highest BCUT2D eigenvalue weighted by molar-refractivity contribution is 5.75. The zero-order valence-electron chi connectivity index (χ0n) is 15.5. The van der Waals surface area contributed by atoms with Gasteiger partial charge in [0, 0.05) is 0 Å². The van der Waals surface area contributed by atoms with Crippen molar-refractivity contribution in [3.8, 4) is 11.5 Å². The summed E-state index contributed by atoms with van der Waals surface area (Å²) in [5.74, 6) is 1.76. The predicted octanol–water partition coefficient (Wildman–Crippen LogP) is 4.22. The molecule has 0 aliphatic carbocycles. The smallest absolute Gasteiger partial charge is 0.315 e. The van der Waals surface area contributed by atoms with Crippen molar-refractivity contribution in [3.63, 3.8) is 0 Å². The molecule has 0 bridgehead atoms. The minimum atomic E-state index is -0.185. The van der Waals surface area contributed by atoms with Crippen LogP contribution >= 0.6 is 0 Å². The fourth-order valence-electron chi connectivity index (χ4n) is 3.09. The molecular weight excluding hydrogens is 328 g/mol. The van der Waals surface area contributed by atoms with Gasteiger partial charge in [-0.1, -0.05) is 50.2 Å². The number of hydrogen-bond donors (Lipinski definition) is 2. The molecule has 0 saturated heterocycles. The first kappa shape index (κ1) is 18.1. The van der Waals surface area contributed by atoms with Gasteiger partial charge in [0.2, 0.25) is 0 Å². The molecule has 5 heteroatoms. The van der Waals surface area contributed by atoms with E-state index in [1.165, 1.54) is 0 Å². The van der Waals surface area contributed by atoms with Gasteiger partial charge in [0.1, 0.15) is 13.2 Å². The zero-order valence-corrected chi connectivity index (χ0v) is 15.5. The monoisotopic (exact) mass is 354 g/mol. The topological polar surface area (TPSA) is 59.6 Å². The maximum absolute atomic E-state index is 12.5. The average molecular weight is 354 g/mol. The molecule has 0 radical (unpaired) electrons. The van der Waals surface area contributed by atoms with Crippen LogP contribution in [0, 0.1) is 5.92 Å². The molecule has 0 fully saturated rings. The van der Waals surface area contributed by atoms with Gasteiger partial charge in [-0.25, -0.2) is 4.79 Å². The minimum absolute atomic E-state index is 0.0383. The van der Waals surface area contributed by atoms with Crippen molar-refractivity contribution >= 4 is 6.03 Å². The maximum Gasteiger partial charge on any atom is 0.315 e. The Hall–Kier alpha value is -2.69. The van der Waals surface area contributed by atoms with Crippen LogP contribution in [0.25, 0.3) is 0 Å². The second-order valence-electron chi connectivity index (χ2n) is 6.87. The van der Waals surface area contributed by atoms with Crippen molar-refractivity contribution in [2.24, 2.45) is 5.92 Å². The van der Waals surface area contributed by atoms with Crippen molar-refractivity contribution in [2.45, 2.75) is 32.9 Å². The van der Waals surface area contributed by atoms with Crippen molar-refractivity contribution in [1.29, 1.82) is 0 Å². The third-order valence-corrected chi connectivity index (χ3v) is 4.53. The lowest BCUT2D eigenvalue weighted by Crippen LogP contribution is -2.40. The first-order valence-electron chi connectivity index (χ1n) is 9.06. The van der Waals surface area contributed by atoms with Gasteiger partial charge < -0.3 is 20.1 Å². The van der Waals surface area contributed by atoms with Crippen molar-refractivity contribution in [1.82, 2.24) is 10.6 Å². The summed E-state index contributed by atoms with van der Waals surface area (Å²) in [6.07, 6.45) is 0. The Morgan fingerprint density at radius 3 is 2.27 bits per heavy atom. The molecule has 2 aromatic rings. The second-order valence-corrected chi connectivity index (χ2v) is 6.87. The number of amides is 2. The number of benzene rings is 2. The van der Waals surface area contributed by atoms with Gasteiger partial charge >= 0.3 is 6.03 Å². The standard InChI is InChI=1S/C21H26N2O3/c1-14(2)20(16-7-5-4-6-8-16)23-21(24)22-15(3)17-9-10-18-19(13-17)26-12-11-25-18/h4-10,13-15,20H,11-12H2,1-3H3,(H2,22,23,24)/t15-,20+/m0/s1. The number of hydrogen-bond acceptors (Lipinski definition) is 3. The number of urea groups is 1. The summed E-state index contributed by atoms with van der Waals surface area (Å²) in [7, 11) is 0. The van der Waals surface area contributed by atoms with Crippen molar-refractivity contribution < 1.29 is 14.3 Å². The molecule has 2 N–H and O–H groups in total. The summed E-state index contributed by atoms with van der Waals surface area (Å²) in [4.78, 5) is 12.5. The SMILES string of the molecule is CC(C)[C@@H](NC(=O)N[C@@H](C)c1ccc2c(c1)OCCO2)c1ccccc1. The molecule has 2 aromatic carbocycles. The Balaban J connectivity index is 1.65. The largest absolute Gasteiger partial charge is 0.486 e. The number of fused-ring (bicyclic) bond motifs is 1. The average Bonchev–Trinajstić information content (AvgIpc) is 2.66. The third-order valence-electron chi connectivity index (χ3n) is 4.53. The number of ether oxygens (including phenoxy) is 2. The molecule has 0 saturated carbocycles. The maximum atomic E-state index is 12.5. The summed E-state index contributed by atoms with van der Waals surface area (Å²) < 4.78 is 11.2. The minimum Gasteiger partial charge on any atom is -0.486 e. The van der Waals surface area contributed by atoms with E-state index in [1.807, 2.05) is 55.5 Å². The van der Waals surface area contributed by atoms with Gasteiger partial charge in [-0.3, -0.25) is 0 Å². The molecule has 3 rings (SSSR count). The van der Waals surface area contributed by atoms with Gasteiger partial charge in [-0.05, 0) is 36.1 Å². The Morgan fingerprint density at radius 1 is 0.885 bits per heavy atom. The first-order valence-corrected chi connectivity index (χ1v) is 9.06. The third kappa shape index (κ3) is 4.28.